The van der Waals surface area contributed by atoms with Crippen molar-refractivity contribution in [1.29, 1.82) is 0 Å². The van der Waals surface area contributed by atoms with Gasteiger partial charge in [0.25, 0.3) is 11.8 Å². The third-order valence-corrected chi connectivity index (χ3v) is 9.34. The maximum Gasteiger partial charge on any atom is 0.391 e. The summed E-state index contributed by atoms with van der Waals surface area (Å²) in [7, 11) is 3.54. The van der Waals surface area contributed by atoms with E-state index >= 15 is 0 Å². The molecule has 2 amide bonds. The van der Waals surface area contributed by atoms with Gasteiger partial charge in [0.1, 0.15) is 5.82 Å². The van der Waals surface area contributed by atoms with Gasteiger partial charge < -0.3 is 25.4 Å². The molecule has 0 saturated heterocycles. The molecule has 0 bridgehead atoms. The smallest absolute Gasteiger partial charge is 0.366 e. The average Bonchev–Trinajstić information content (AvgIpc) is 3.58. The molecule has 17 heteroatoms. The standard InChI is InChI=1S/C32H37Cl2F4N9O2/c1-16-40-25(45-44-16)15-46(4)23-13-24-22(12-20(23)28(48)41-19-9-7-18(8-10-19)32(36,37)38)42-30(47(24)5)43-27-21(33)11-6-17(26(27)34)14-39-29(49)31(2,3)35/h6,11-13,18-19H,7-10,14-15H2,1-5H3,(H,39,49)(H,41,48)(H,42,43)(H,40,44,45). The number of carbonyl (C=O) groups excluding carboxylic acids is 2. The van der Waals surface area contributed by atoms with Gasteiger partial charge in [-0.3, -0.25) is 14.7 Å². The summed E-state index contributed by atoms with van der Waals surface area (Å²) in [6.45, 7) is 4.29. The monoisotopic (exact) mass is 725 g/mol. The van der Waals surface area contributed by atoms with Gasteiger partial charge in [-0.25, -0.2) is 14.4 Å². The third-order valence-electron chi connectivity index (χ3n) is 8.59. The number of hydrogen-bond donors (Lipinski definition) is 4. The van der Waals surface area contributed by atoms with Crippen LogP contribution in [0.15, 0.2) is 24.3 Å². The first-order valence-corrected chi connectivity index (χ1v) is 16.4. The molecule has 49 heavy (non-hydrogen) atoms. The summed E-state index contributed by atoms with van der Waals surface area (Å²) in [5, 5.41) is 16.1. The number of rotatable bonds is 10. The molecule has 5 rings (SSSR count). The van der Waals surface area contributed by atoms with Crippen molar-refractivity contribution < 1.29 is 27.2 Å². The molecule has 1 aliphatic carbocycles. The van der Waals surface area contributed by atoms with E-state index in [1.807, 2.05) is 4.90 Å². The second kappa shape index (κ2) is 14.0. The Bertz CT molecular complexity index is 1860. The number of nitrogens with one attached hydrogen (secondary N) is 4. The van der Waals surface area contributed by atoms with Crippen LogP contribution in [0.4, 0.5) is 34.9 Å². The lowest BCUT2D eigenvalue weighted by molar-refractivity contribution is -0.182. The van der Waals surface area contributed by atoms with Crippen LogP contribution >= 0.6 is 23.2 Å². The fraction of sp³-hybridized carbons (Fsp3) is 0.469. The van der Waals surface area contributed by atoms with Gasteiger partial charge in [0.15, 0.2) is 11.5 Å². The molecule has 0 aliphatic heterocycles. The lowest BCUT2D eigenvalue weighted by Crippen LogP contribution is -2.40. The van der Waals surface area contributed by atoms with E-state index in [4.69, 9.17) is 28.2 Å². The Kier molecular flexibility index (Phi) is 10.4. The Hall–Kier alpha value is -4.11. The first-order valence-electron chi connectivity index (χ1n) is 15.6. The van der Waals surface area contributed by atoms with Gasteiger partial charge in [-0.05, 0) is 70.2 Å². The lowest BCUT2D eigenvalue weighted by Gasteiger charge is -2.30. The Morgan fingerprint density at radius 1 is 1.08 bits per heavy atom. The molecule has 264 valence electrons. The number of hydrogen-bond acceptors (Lipinski definition) is 7. The second-order valence-electron chi connectivity index (χ2n) is 12.8. The van der Waals surface area contributed by atoms with Crippen molar-refractivity contribution in [3.05, 3.63) is 57.1 Å². The summed E-state index contributed by atoms with van der Waals surface area (Å²) in [4.78, 5) is 36.7. The summed E-state index contributed by atoms with van der Waals surface area (Å²) in [6, 6.07) is 6.21. The number of amides is 2. The second-order valence-corrected chi connectivity index (χ2v) is 13.6. The van der Waals surface area contributed by atoms with Crippen LogP contribution in [0.3, 0.4) is 0 Å². The van der Waals surface area contributed by atoms with Gasteiger partial charge in [-0.2, -0.15) is 18.3 Å². The molecule has 2 aromatic carbocycles. The zero-order chi connectivity index (χ0) is 35.8. The number of anilines is 3. The van der Waals surface area contributed by atoms with Crippen LogP contribution in [0, 0.1) is 12.8 Å². The van der Waals surface area contributed by atoms with E-state index in [9.17, 15) is 27.2 Å². The number of fused-ring (bicyclic) bond motifs is 1. The van der Waals surface area contributed by atoms with Crippen LogP contribution in [-0.4, -0.2) is 61.5 Å². The van der Waals surface area contributed by atoms with Gasteiger partial charge in [0, 0.05) is 26.7 Å². The number of carbonyl (C=O) groups is 2. The minimum absolute atomic E-state index is 0.0458. The maximum absolute atomic E-state index is 14.0. The number of alkyl halides is 4. The van der Waals surface area contributed by atoms with Gasteiger partial charge in [0.05, 0.1) is 50.5 Å². The van der Waals surface area contributed by atoms with Gasteiger partial charge in [-0.1, -0.05) is 29.3 Å². The Balaban J connectivity index is 1.46. The molecule has 1 saturated carbocycles. The first kappa shape index (κ1) is 36.2. The van der Waals surface area contributed by atoms with E-state index in [0.29, 0.717) is 45.6 Å². The van der Waals surface area contributed by atoms with Crippen LogP contribution in [0.2, 0.25) is 10.0 Å². The van der Waals surface area contributed by atoms with Crippen LogP contribution in [0.5, 0.6) is 0 Å². The molecule has 0 atom stereocenters. The van der Waals surface area contributed by atoms with E-state index in [-0.39, 0.29) is 54.4 Å². The molecule has 11 nitrogen and oxygen atoms in total. The van der Waals surface area contributed by atoms with Crippen molar-refractivity contribution in [3.63, 3.8) is 0 Å². The molecule has 4 aromatic rings. The van der Waals surface area contributed by atoms with Gasteiger partial charge in [-0.15, -0.1) is 0 Å². The SMILES string of the molecule is Cc1nc(CN(C)c2cc3c(cc2C(=O)NC2CCC(C(F)(F)F)CC2)nc(Nc2c(Cl)ccc(CNC(=O)C(C)(C)F)c2Cl)n3C)n[nH]1. The first-order chi connectivity index (χ1) is 22.9. The quantitative estimate of drug-likeness (QED) is 0.131. The van der Waals surface area contributed by atoms with E-state index in [1.54, 1.807) is 49.9 Å². The summed E-state index contributed by atoms with van der Waals surface area (Å²) in [5.41, 5.74) is 0.596. The summed E-state index contributed by atoms with van der Waals surface area (Å²) in [6.07, 6.45) is -3.92. The van der Waals surface area contributed by atoms with E-state index in [1.165, 1.54) is 0 Å². The van der Waals surface area contributed by atoms with Crippen molar-refractivity contribution in [1.82, 2.24) is 35.4 Å². The Labute approximate surface area is 290 Å². The molecule has 4 N–H and O–H groups in total. The molecule has 1 fully saturated rings. The summed E-state index contributed by atoms with van der Waals surface area (Å²) < 4.78 is 55.5. The molecule has 0 radical (unpaired) electrons. The fourth-order valence-corrected chi connectivity index (χ4v) is 6.30. The Morgan fingerprint density at radius 2 is 1.78 bits per heavy atom. The van der Waals surface area contributed by atoms with Crippen LogP contribution < -0.4 is 20.9 Å². The van der Waals surface area contributed by atoms with Crippen molar-refractivity contribution in [3.8, 4) is 0 Å². The van der Waals surface area contributed by atoms with Crippen molar-refractivity contribution >= 4 is 63.4 Å². The van der Waals surface area contributed by atoms with Crippen LogP contribution in [-0.2, 0) is 24.9 Å². The van der Waals surface area contributed by atoms with E-state index in [2.05, 4.69) is 31.1 Å². The predicted molar refractivity (Wildman–Crippen MR) is 180 cm³/mol. The molecule has 1 aliphatic rings. The summed E-state index contributed by atoms with van der Waals surface area (Å²) in [5.74, 6) is -1.15. The fourth-order valence-electron chi connectivity index (χ4n) is 5.77. The molecule has 2 heterocycles. The molecular formula is C32H37Cl2F4N9O2. The number of aromatic amines is 1. The molecule has 2 aromatic heterocycles. The minimum atomic E-state index is -4.25. The Morgan fingerprint density at radius 3 is 2.39 bits per heavy atom. The highest BCUT2D eigenvalue weighted by Crippen LogP contribution is 2.39. The number of H-pyrrole nitrogens is 1. The highest BCUT2D eigenvalue weighted by atomic mass is 35.5. The van der Waals surface area contributed by atoms with Gasteiger partial charge in [0.2, 0.25) is 5.95 Å². The number of aryl methyl sites for hydroxylation is 2. The van der Waals surface area contributed by atoms with Crippen LogP contribution in [0.1, 0.15) is 67.1 Å². The minimum Gasteiger partial charge on any atom is -0.366 e. The lowest BCUT2D eigenvalue weighted by atomic mass is 9.85. The molecular weight excluding hydrogens is 689 g/mol. The van der Waals surface area contributed by atoms with Gasteiger partial charge >= 0.3 is 6.18 Å². The van der Waals surface area contributed by atoms with Crippen molar-refractivity contribution in [2.45, 2.75) is 77.4 Å². The molecule has 0 unspecified atom stereocenters. The topological polar surface area (TPSA) is 133 Å². The normalized spacial score (nSPS) is 16.9. The highest BCUT2D eigenvalue weighted by molar-refractivity contribution is 6.39. The average molecular weight is 727 g/mol. The van der Waals surface area contributed by atoms with Crippen molar-refractivity contribution in [2.75, 3.05) is 17.3 Å². The van der Waals surface area contributed by atoms with Crippen molar-refractivity contribution in [2.24, 2.45) is 13.0 Å². The predicted octanol–water partition coefficient (Wildman–Crippen LogP) is 6.90. The zero-order valence-corrected chi connectivity index (χ0v) is 29.0. The van der Waals surface area contributed by atoms with E-state index < -0.39 is 35.6 Å². The number of imidazole rings is 1. The number of nitrogens with zero attached hydrogens (tertiary/aromatic N) is 5. The maximum atomic E-state index is 14.0. The number of aromatic nitrogens is 5. The highest BCUT2D eigenvalue weighted by Gasteiger charge is 2.41. The third kappa shape index (κ3) is 8.20. The summed E-state index contributed by atoms with van der Waals surface area (Å²) >= 11 is 13.2. The largest absolute Gasteiger partial charge is 0.391 e. The van der Waals surface area contributed by atoms with E-state index in [0.717, 1.165) is 13.8 Å². The molecule has 0 spiro atoms. The van der Waals surface area contributed by atoms with Crippen LogP contribution in [0.25, 0.3) is 11.0 Å². The number of benzene rings is 2. The zero-order valence-electron chi connectivity index (χ0n) is 27.5. The number of halogens is 6.